The minimum atomic E-state index is -0.825. The molecule has 0 aromatic rings. The predicted octanol–water partition coefficient (Wildman–Crippen LogP) is 1.86. The Hall–Kier alpha value is -0.610. The van der Waals surface area contributed by atoms with Crippen molar-refractivity contribution >= 4 is 5.91 Å². The lowest BCUT2D eigenvalue weighted by Crippen LogP contribution is -2.45. The van der Waals surface area contributed by atoms with Crippen molar-refractivity contribution in [3.8, 4) is 0 Å². The van der Waals surface area contributed by atoms with Gasteiger partial charge in [0, 0.05) is 19.6 Å². The second kappa shape index (κ2) is 7.10. The fourth-order valence-electron chi connectivity index (χ4n) is 2.14. The number of rotatable bonds is 7. The number of nitrogens with one attached hydrogen (secondary N) is 1. The van der Waals surface area contributed by atoms with E-state index in [4.69, 9.17) is 4.74 Å². The molecule has 0 aromatic carbocycles. The molecule has 0 aromatic heterocycles. The number of carbonyl (C=O) groups is 1. The number of hydrogen-bond acceptors (Lipinski definition) is 3. The Kier molecular flexibility index (Phi) is 6.09. The summed E-state index contributed by atoms with van der Waals surface area (Å²) in [6, 6.07) is 0. The van der Waals surface area contributed by atoms with Crippen molar-refractivity contribution in [2.45, 2.75) is 64.6 Å². The summed E-state index contributed by atoms with van der Waals surface area (Å²) < 4.78 is 5.47. The van der Waals surface area contributed by atoms with Crippen LogP contribution in [0.25, 0.3) is 0 Å². The average molecular weight is 257 g/mol. The Morgan fingerprint density at radius 3 is 2.89 bits per heavy atom. The molecule has 1 aliphatic rings. The van der Waals surface area contributed by atoms with Gasteiger partial charge < -0.3 is 15.2 Å². The molecule has 3 unspecified atom stereocenters. The fraction of sp³-hybridized carbons (Fsp3) is 0.929. The molecule has 4 nitrogen and oxygen atoms in total. The standard InChI is InChI=1S/C14H27NO3/c1-4-11(2)14(3,17)10-15-13(16)8-7-12-6-5-9-18-12/h11-12,17H,4-10H2,1-3H3,(H,15,16). The zero-order valence-electron chi connectivity index (χ0n) is 11.9. The van der Waals surface area contributed by atoms with Gasteiger partial charge in [-0.25, -0.2) is 0 Å². The SMILES string of the molecule is CCC(C)C(C)(O)CNC(=O)CCC1CCCO1. The van der Waals surface area contributed by atoms with Crippen LogP contribution in [0.5, 0.6) is 0 Å². The molecule has 0 spiro atoms. The van der Waals surface area contributed by atoms with Gasteiger partial charge in [0.25, 0.3) is 0 Å². The molecule has 1 aliphatic heterocycles. The summed E-state index contributed by atoms with van der Waals surface area (Å²) in [6.07, 6.45) is 4.61. The van der Waals surface area contributed by atoms with E-state index in [9.17, 15) is 9.90 Å². The van der Waals surface area contributed by atoms with Crippen LogP contribution in [-0.2, 0) is 9.53 Å². The van der Waals surface area contributed by atoms with Crippen LogP contribution in [0.3, 0.4) is 0 Å². The van der Waals surface area contributed by atoms with Crippen molar-refractivity contribution in [3.63, 3.8) is 0 Å². The molecule has 1 heterocycles. The molecule has 0 saturated carbocycles. The van der Waals surface area contributed by atoms with Gasteiger partial charge >= 0.3 is 0 Å². The van der Waals surface area contributed by atoms with Gasteiger partial charge in [0.05, 0.1) is 11.7 Å². The van der Waals surface area contributed by atoms with E-state index in [-0.39, 0.29) is 17.9 Å². The highest BCUT2D eigenvalue weighted by atomic mass is 16.5. The smallest absolute Gasteiger partial charge is 0.220 e. The van der Waals surface area contributed by atoms with Crippen LogP contribution >= 0.6 is 0 Å². The van der Waals surface area contributed by atoms with Crippen LogP contribution in [0.1, 0.15) is 52.9 Å². The molecule has 0 aliphatic carbocycles. The van der Waals surface area contributed by atoms with Gasteiger partial charge in [-0.2, -0.15) is 0 Å². The zero-order chi connectivity index (χ0) is 13.6. The highest BCUT2D eigenvalue weighted by Gasteiger charge is 2.27. The Bertz CT molecular complexity index is 260. The van der Waals surface area contributed by atoms with E-state index in [0.717, 1.165) is 32.3 Å². The minimum Gasteiger partial charge on any atom is -0.388 e. The quantitative estimate of drug-likeness (QED) is 0.732. The number of hydrogen-bond donors (Lipinski definition) is 2. The monoisotopic (exact) mass is 257 g/mol. The molecule has 1 amide bonds. The maximum absolute atomic E-state index is 11.7. The predicted molar refractivity (Wildman–Crippen MR) is 71.3 cm³/mol. The summed E-state index contributed by atoms with van der Waals surface area (Å²) in [5, 5.41) is 13.0. The van der Waals surface area contributed by atoms with Gasteiger partial charge in [0.2, 0.25) is 5.91 Å². The highest BCUT2D eigenvalue weighted by molar-refractivity contribution is 5.75. The zero-order valence-corrected chi connectivity index (χ0v) is 11.9. The molecular weight excluding hydrogens is 230 g/mol. The summed E-state index contributed by atoms with van der Waals surface area (Å²) in [5.41, 5.74) is -0.825. The van der Waals surface area contributed by atoms with Crippen LogP contribution in [0.15, 0.2) is 0 Å². The largest absolute Gasteiger partial charge is 0.388 e. The number of aliphatic hydroxyl groups is 1. The summed E-state index contributed by atoms with van der Waals surface area (Å²) in [7, 11) is 0. The van der Waals surface area contributed by atoms with Gasteiger partial charge in [-0.1, -0.05) is 20.3 Å². The van der Waals surface area contributed by atoms with E-state index >= 15 is 0 Å². The molecule has 4 heteroatoms. The molecule has 0 bridgehead atoms. The molecule has 3 atom stereocenters. The van der Waals surface area contributed by atoms with Gasteiger partial charge in [-0.3, -0.25) is 4.79 Å². The molecule has 18 heavy (non-hydrogen) atoms. The molecular formula is C14H27NO3. The minimum absolute atomic E-state index is 0.00841. The lowest BCUT2D eigenvalue weighted by atomic mass is 9.88. The number of amides is 1. The lowest BCUT2D eigenvalue weighted by Gasteiger charge is -2.29. The van der Waals surface area contributed by atoms with Crippen molar-refractivity contribution in [2.75, 3.05) is 13.2 Å². The van der Waals surface area contributed by atoms with E-state index in [1.54, 1.807) is 6.92 Å². The number of ether oxygens (including phenoxy) is 1. The van der Waals surface area contributed by atoms with Gasteiger partial charge in [-0.15, -0.1) is 0 Å². The van der Waals surface area contributed by atoms with E-state index in [0.29, 0.717) is 13.0 Å². The maximum atomic E-state index is 11.7. The van der Waals surface area contributed by atoms with E-state index < -0.39 is 5.60 Å². The highest BCUT2D eigenvalue weighted by Crippen LogP contribution is 2.19. The third kappa shape index (κ3) is 4.94. The molecule has 1 saturated heterocycles. The molecule has 0 radical (unpaired) electrons. The Balaban J connectivity index is 2.19. The first-order valence-corrected chi connectivity index (χ1v) is 7.06. The molecule has 1 fully saturated rings. The first-order valence-electron chi connectivity index (χ1n) is 7.06. The Morgan fingerprint density at radius 1 is 1.61 bits per heavy atom. The van der Waals surface area contributed by atoms with Gasteiger partial charge in [-0.05, 0) is 32.1 Å². The van der Waals surface area contributed by atoms with Crippen LogP contribution in [0.4, 0.5) is 0 Å². The normalized spacial score (nSPS) is 24.6. The van der Waals surface area contributed by atoms with Crippen molar-refractivity contribution in [2.24, 2.45) is 5.92 Å². The number of carbonyl (C=O) groups excluding carboxylic acids is 1. The maximum Gasteiger partial charge on any atom is 0.220 e. The van der Waals surface area contributed by atoms with Crippen molar-refractivity contribution in [3.05, 3.63) is 0 Å². The second-order valence-corrected chi connectivity index (χ2v) is 5.62. The Morgan fingerprint density at radius 2 is 2.33 bits per heavy atom. The van der Waals surface area contributed by atoms with Crippen LogP contribution in [-0.4, -0.2) is 35.9 Å². The van der Waals surface area contributed by atoms with E-state index in [1.807, 2.05) is 13.8 Å². The van der Waals surface area contributed by atoms with Crippen molar-refractivity contribution < 1.29 is 14.6 Å². The third-order valence-electron chi connectivity index (χ3n) is 4.03. The third-order valence-corrected chi connectivity index (χ3v) is 4.03. The van der Waals surface area contributed by atoms with Gasteiger partial charge in [0.1, 0.15) is 0 Å². The lowest BCUT2D eigenvalue weighted by molar-refractivity contribution is -0.123. The summed E-state index contributed by atoms with van der Waals surface area (Å²) in [4.78, 5) is 11.7. The summed E-state index contributed by atoms with van der Waals surface area (Å²) in [6.45, 7) is 6.97. The summed E-state index contributed by atoms with van der Waals surface area (Å²) >= 11 is 0. The topological polar surface area (TPSA) is 58.6 Å². The van der Waals surface area contributed by atoms with Crippen LogP contribution in [0.2, 0.25) is 0 Å². The molecule has 106 valence electrons. The van der Waals surface area contributed by atoms with Crippen molar-refractivity contribution in [1.82, 2.24) is 5.32 Å². The first-order chi connectivity index (χ1) is 8.45. The average Bonchev–Trinajstić information content (AvgIpc) is 2.86. The van der Waals surface area contributed by atoms with Crippen molar-refractivity contribution in [1.29, 1.82) is 0 Å². The van der Waals surface area contributed by atoms with E-state index in [2.05, 4.69) is 5.32 Å². The second-order valence-electron chi connectivity index (χ2n) is 5.62. The summed E-state index contributed by atoms with van der Waals surface area (Å²) in [5.74, 6) is 0.185. The van der Waals surface area contributed by atoms with Gasteiger partial charge in [0.15, 0.2) is 0 Å². The Labute approximate surface area is 110 Å². The molecule has 2 N–H and O–H groups in total. The van der Waals surface area contributed by atoms with Crippen LogP contribution in [0, 0.1) is 5.92 Å². The fourth-order valence-corrected chi connectivity index (χ4v) is 2.14. The van der Waals surface area contributed by atoms with Crippen LogP contribution < -0.4 is 5.32 Å². The first kappa shape index (κ1) is 15.4. The molecule has 1 rings (SSSR count). The van der Waals surface area contributed by atoms with E-state index in [1.165, 1.54) is 0 Å².